The molecule has 38 heavy (non-hydrogen) atoms. The van der Waals surface area contributed by atoms with Crippen LogP contribution in [0.5, 0.6) is 5.75 Å². The molecule has 196 valence electrons. The van der Waals surface area contributed by atoms with Gasteiger partial charge in [-0.25, -0.2) is 9.59 Å². The zero-order valence-electron chi connectivity index (χ0n) is 20.6. The Morgan fingerprint density at radius 1 is 1.00 bits per heavy atom. The van der Waals surface area contributed by atoms with Crippen LogP contribution in [-0.2, 0) is 19.1 Å². The third kappa shape index (κ3) is 5.36. The highest BCUT2D eigenvalue weighted by Crippen LogP contribution is 2.38. The van der Waals surface area contributed by atoms with Crippen LogP contribution in [0.25, 0.3) is 0 Å². The molecule has 2 aliphatic rings. The van der Waals surface area contributed by atoms with Crippen LogP contribution in [0.15, 0.2) is 60.2 Å². The highest BCUT2D eigenvalue weighted by molar-refractivity contribution is 6.08. The SMILES string of the molecule is CC1=CCC2C(=O)N(C(C)C(=O)OCC(=O)c3ccc(OC(=O)c4ccc([N+](=O)[O-])cc4)cc3)C(=O)C2C1. The summed E-state index contributed by atoms with van der Waals surface area (Å²) in [4.78, 5) is 73.9. The molecule has 0 spiro atoms. The van der Waals surface area contributed by atoms with Gasteiger partial charge >= 0.3 is 11.9 Å². The average molecular weight is 520 g/mol. The lowest BCUT2D eigenvalue weighted by molar-refractivity contribution is -0.384. The summed E-state index contributed by atoms with van der Waals surface area (Å²) < 4.78 is 10.3. The van der Waals surface area contributed by atoms with Gasteiger partial charge in [0.1, 0.15) is 11.8 Å². The van der Waals surface area contributed by atoms with E-state index < -0.39 is 58.9 Å². The lowest BCUT2D eigenvalue weighted by atomic mass is 9.82. The smallest absolute Gasteiger partial charge is 0.343 e. The Kier molecular flexibility index (Phi) is 7.47. The van der Waals surface area contributed by atoms with Gasteiger partial charge < -0.3 is 9.47 Å². The summed E-state index contributed by atoms with van der Waals surface area (Å²) in [5.74, 6) is -3.76. The maximum atomic E-state index is 12.8. The number of allylic oxidation sites excluding steroid dienone is 2. The fourth-order valence-electron chi connectivity index (χ4n) is 4.48. The van der Waals surface area contributed by atoms with Crippen LogP contribution < -0.4 is 4.74 Å². The number of nitrogens with zero attached hydrogens (tertiary/aromatic N) is 2. The maximum absolute atomic E-state index is 12.8. The quantitative estimate of drug-likeness (QED) is 0.0971. The first kappa shape index (κ1) is 26.4. The van der Waals surface area contributed by atoms with Crippen molar-refractivity contribution >= 4 is 35.2 Å². The molecule has 3 unspecified atom stereocenters. The number of hydrogen-bond donors (Lipinski definition) is 0. The first-order valence-corrected chi connectivity index (χ1v) is 11.9. The molecule has 1 aliphatic carbocycles. The van der Waals surface area contributed by atoms with Crippen LogP contribution in [-0.4, -0.2) is 52.0 Å². The van der Waals surface area contributed by atoms with Gasteiger partial charge in [-0.1, -0.05) is 11.6 Å². The zero-order chi connectivity index (χ0) is 27.6. The lowest BCUT2D eigenvalue weighted by Crippen LogP contribution is -2.44. The van der Waals surface area contributed by atoms with E-state index in [1.165, 1.54) is 55.5 Å². The minimum absolute atomic E-state index is 0.109. The fraction of sp³-hybridized carbons (Fsp3) is 0.296. The molecule has 2 amide bonds. The molecule has 11 nitrogen and oxygen atoms in total. The van der Waals surface area contributed by atoms with Crippen LogP contribution in [0.2, 0.25) is 0 Å². The van der Waals surface area contributed by atoms with E-state index in [1.807, 2.05) is 13.0 Å². The van der Waals surface area contributed by atoms with Crippen molar-refractivity contribution in [1.29, 1.82) is 0 Å². The van der Waals surface area contributed by atoms with Gasteiger partial charge in [0.2, 0.25) is 11.8 Å². The Hall–Kier alpha value is -4.67. The van der Waals surface area contributed by atoms with E-state index in [-0.39, 0.29) is 22.6 Å². The average Bonchev–Trinajstić information content (AvgIpc) is 3.15. The Morgan fingerprint density at radius 3 is 2.24 bits per heavy atom. The minimum atomic E-state index is -1.16. The Balaban J connectivity index is 1.30. The number of rotatable bonds is 8. The van der Waals surface area contributed by atoms with Crippen molar-refractivity contribution in [3.05, 3.63) is 81.4 Å². The number of imide groups is 1. The predicted molar refractivity (Wildman–Crippen MR) is 131 cm³/mol. The van der Waals surface area contributed by atoms with Gasteiger partial charge in [-0.3, -0.25) is 29.4 Å². The number of nitro benzene ring substituents is 1. The molecule has 1 fully saturated rings. The second-order valence-electron chi connectivity index (χ2n) is 9.17. The van der Waals surface area contributed by atoms with Crippen molar-refractivity contribution in [2.24, 2.45) is 11.8 Å². The van der Waals surface area contributed by atoms with Gasteiger partial charge in [0.25, 0.3) is 5.69 Å². The summed E-state index contributed by atoms with van der Waals surface area (Å²) in [6, 6.07) is 9.25. The van der Waals surface area contributed by atoms with Gasteiger partial charge in [-0.2, -0.15) is 0 Å². The van der Waals surface area contributed by atoms with E-state index in [2.05, 4.69) is 0 Å². The molecule has 4 rings (SSSR count). The second-order valence-corrected chi connectivity index (χ2v) is 9.17. The summed E-state index contributed by atoms with van der Waals surface area (Å²) in [5, 5.41) is 10.7. The highest BCUT2D eigenvalue weighted by atomic mass is 16.6. The van der Waals surface area contributed by atoms with Gasteiger partial charge in [0.15, 0.2) is 12.4 Å². The topological polar surface area (TPSA) is 150 Å². The van der Waals surface area contributed by atoms with Gasteiger partial charge in [0.05, 0.1) is 22.3 Å². The lowest BCUT2D eigenvalue weighted by Gasteiger charge is -2.21. The van der Waals surface area contributed by atoms with E-state index in [9.17, 15) is 34.1 Å². The number of nitro groups is 1. The molecule has 2 aromatic carbocycles. The van der Waals surface area contributed by atoms with Crippen LogP contribution in [0.1, 0.15) is 47.4 Å². The monoisotopic (exact) mass is 520 g/mol. The Labute approximate surface area is 217 Å². The van der Waals surface area contributed by atoms with E-state index >= 15 is 0 Å². The molecule has 1 heterocycles. The summed E-state index contributed by atoms with van der Waals surface area (Å²) in [5.41, 5.74) is 1.16. The maximum Gasteiger partial charge on any atom is 0.343 e. The fourth-order valence-corrected chi connectivity index (χ4v) is 4.48. The number of carbonyl (C=O) groups excluding carboxylic acids is 5. The second kappa shape index (κ2) is 10.8. The van der Waals surface area contributed by atoms with Gasteiger partial charge in [-0.05, 0) is 63.1 Å². The van der Waals surface area contributed by atoms with Gasteiger partial charge in [-0.15, -0.1) is 0 Å². The number of esters is 2. The first-order valence-electron chi connectivity index (χ1n) is 11.9. The van der Waals surface area contributed by atoms with Gasteiger partial charge in [0, 0.05) is 17.7 Å². The van der Waals surface area contributed by atoms with E-state index in [0.717, 1.165) is 10.5 Å². The number of ether oxygens (including phenoxy) is 2. The number of fused-ring (bicyclic) bond motifs is 1. The van der Waals surface area contributed by atoms with E-state index in [1.54, 1.807) is 0 Å². The van der Waals surface area contributed by atoms with Crippen LogP contribution in [0, 0.1) is 22.0 Å². The van der Waals surface area contributed by atoms with Crippen molar-refractivity contribution in [3.63, 3.8) is 0 Å². The summed E-state index contributed by atoms with van der Waals surface area (Å²) >= 11 is 0. The minimum Gasteiger partial charge on any atom is -0.456 e. The summed E-state index contributed by atoms with van der Waals surface area (Å²) in [7, 11) is 0. The molecule has 1 saturated heterocycles. The van der Waals surface area contributed by atoms with E-state index in [0.29, 0.717) is 12.8 Å². The molecular formula is C27H24N2O9. The molecule has 0 aromatic heterocycles. The largest absolute Gasteiger partial charge is 0.456 e. The van der Waals surface area contributed by atoms with Crippen molar-refractivity contribution in [2.75, 3.05) is 6.61 Å². The molecular weight excluding hydrogens is 496 g/mol. The molecule has 2 aromatic rings. The standard InChI is InChI=1S/C27H24N2O9/c1-15-3-12-21-22(13-15)25(32)28(24(21)31)16(2)26(33)37-14-23(30)17-6-10-20(11-7-17)38-27(34)18-4-8-19(9-5-18)29(35)36/h3-11,16,21-22H,12-14H2,1-2H3. The number of Topliss-reactive ketones (excluding diaryl/α,β-unsaturated/α-hetero) is 1. The van der Waals surface area contributed by atoms with Crippen molar-refractivity contribution in [3.8, 4) is 5.75 Å². The predicted octanol–water partition coefficient (Wildman–Crippen LogP) is 3.27. The molecule has 0 N–H and O–H groups in total. The molecule has 3 atom stereocenters. The zero-order valence-corrected chi connectivity index (χ0v) is 20.6. The van der Waals surface area contributed by atoms with Crippen LogP contribution in [0.4, 0.5) is 5.69 Å². The normalized spacial score (nSPS) is 19.3. The molecule has 0 radical (unpaired) electrons. The number of benzene rings is 2. The molecule has 0 bridgehead atoms. The number of ketones is 1. The molecule has 1 aliphatic heterocycles. The van der Waals surface area contributed by atoms with Crippen LogP contribution in [0.3, 0.4) is 0 Å². The summed E-state index contributed by atoms with van der Waals surface area (Å²) in [6.45, 7) is 2.69. The third-order valence-corrected chi connectivity index (χ3v) is 6.63. The van der Waals surface area contributed by atoms with Crippen LogP contribution >= 0.6 is 0 Å². The first-order chi connectivity index (χ1) is 18.1. The Bertz CT molecular complexity index is 1350. The van der Waals surface area contributed by atoms with Crippen molar-refractivity contribution < 1.29 is 38.4 Å². The molecule has 0 saturated carbocycles. The number of non-ortho nitro benzene ring substituents is 1. The third-order valence-electron chi connectivity index (χ3n) is 6.63. The number of carbonyl (C=O) groups is 5. The molecule has 11 heteroatoms. The summed E-state index contributed by atoms with van der Waals surface area (Å²) in [6.07, 6.45) is 2.86. The Morgan fingerprint density at radius 2 is 1.61 bits per heavy atom. The van der Waals surface area contributed by atoms with Crippen molar-refractivity contribution in [1.82, 2.24) is 4.90 Å². The van der Waals surface area contributed by atoms with E-state index in [4.69, 9.17) is 9.47 Å². The number of amides is 2. The number of hydrogen-bond acceptors (Lipinski definition) is 9. The van der Waals surface area contributed by atoms with Crippen molar-refractivity contribution in [2.45, 2.75) is 32.7 Å². The number of likely N-dealkylation sites (tertiary alicyclic amines) is 1. The highest BCUT2D eigenvalue weighted by Gasteiger charge is 2.51.